The fourth-order valence-electron chi connectivity index (χ4n) is 3.55. The molecule has 1 aliphatic rings. The molecule has 0 unspecified atom stereocenters. The Labute approximate surface area is 161 Å². The zero-order valence-electron chi connectivity index (χ0n) is 16.2. The van der Waals surface area contributed by atoms with Crippen molar-refractivity contribution in [3.8, 4) is 0 Å². The number of aryl methyl sites for hydroxylation is 3. The summed E-state index contributed by atoms with van der Waals surface area (Å²) in [6.07, 6.45) is 4.61. The summed E-state index contributed by atoms with van der Waals surface area (Å²) in [5.41, 5.74) is 5.73. The van der Waals surface area contributed by atoms with Crippen molar-refractivity contribution in [1.29, 1.82) is 0 Å². The molecule has 144 valence electrons. The predicted octanol–water partition coefficient (Wildman–Crippen LogP) is 3.37. The molecule has 27 heavy (non-hydrogen) atoms. The van der Waals surface area contributed by atoms with Crippen LogP contribution in [-0.4, -0.2) is 27.6 Å². The van der Waals surface area contributed by atoms with Gasteiger partial charge in [-0.2, -0.15) is 0 Å². The van der Waals surface area contributed by atoms with Crippen LogP contribution in [-0.2, 0) is 22.9 Å². The van der Waals surface area contributed by atoms with E-state index in [4.69, 9.17) is 0 Å². The quantitative estimate of drug-likeness (QED) is 0.857. The largest absolute Gasteiger partial charge is 0.346 e. The summed E-state index contributed by atoms with van der Waals surface area (Å²) in [6, 6.07) is 11.4. The van der Waals surface area contributed by atoms with Crippen LogP contribution < -0.4 is 9.62 Å². The highest BCUT2D eigenvalue weighted by Gasteiger charge is 2.18. The van der Waals surface area contributed by atoms with Crippen molar-refractivity contribution in [2.45, 2.75) is 39.2 Å². The topological polar surface area (TPSA) is 66.5 Å². The average molecular weight is 387 g/mol. The van der Waals surface area contributed by atoms with Gasteiger partial charge in [-0.15, -0.1) is 0 Å². The molecule has 5 nitrogen and oxygen atoms in total. The van der Waals surface area contributed by atoms with Gasteiger partial charge in [-0.1, -0.05) is 18.2 Å². The second kappa shape index (κ2) is 7.35. The molecule has 0 heterocycles. The second-order valence-electron chi connectivity index (χ2n) is 7.31. The van der Waals surface area contributed by atoms with Gasteiger partial charge in [0.1, 0.15) is 0 Å². The van der Waals surface area contributed by atoms with Crippen molar-refractivity contribution >= 4 is 21.6 Å². The lowest BCUT2D eigenvalue weighted by molar-refractivity contribution is 0.0940. The van der Waals surface area contributed by atoms with E-state index in [0.717, 1.165) is 30.2 Å². The van der Waals surface area contributed by atoms with E-state index >= 15 is 0 Å². The normalized spacial score (nSPS) is 14.5. The summed E-state index contributed by atoms with van der Waals surface area (Å²) in [5, 5.41) is 3.04. The Morgan fingerprint density at radius 1 is 1.11 bits per heavy atom. The number of hydrogen-bond donors (Lipinski definition) is 1. The van der Waals surface area contributed by atoms with Gasteiger partial charge >= 0.3 is 0 Å². The minimum Gasteiger partial charge on any atom is -0.346 e. The molecule has 0 aliphatic heterocycles. The molecule has 2 aromatic carbocycles. The van der Waals surface area contributed by atoms with Crippen molar-refractivity contribution in [3.05, 3.63) is 64.2 Å². The van der Waals surface area contributed by atoms with E-state index in [0.29, 0.717) is 11.3 Å². The van der Waals surface area contributed by atoms with Gasteiger partial charge in [0.2, 0.25) is 10.0 Å². The lowest BCUT2D eigenvalue weighted by atomic mass is 10.0. The molecule has 1 atom stereocenters. The van der Waals surface area contributed by atoms with Crippen LogP contribution in [0.25, 0.3) is 0 Å². The minimum absolute atomic E-state index is 0.0953. The predicted molar refractivity (Wildman–Crippen MR) is 109 cm³/mol. The molecule has 1 aliphatic carbocycles. The molecule has 3 rings (SSSR count). The highest BCUT2D eigenvalue weighted by atomic mass is 32.2. The van der Waals surface area contributed by atoms with Gasteiger partial charge in [0, 0.05) is 12.6 Å². The van der Waals surface area contributed by atoms with Crippen LogP contribution in [0, 0.1) is 6.92 Å². The number of benzene rings is 2. The van der Waals surface area contributed by atoms with Crippen LogP contribution in [0.2, 0.25) is 0 Å². The molecule has 1 amide bonds. The monoisotopic (exact) mass is 386 g/mol. The first-order chi connectivity index (χ1) is 12.7. The molecule has 2 aromatic rings. The molecule has 0 saturated carbocycles. The second-order valence-corrected chi connectivity index (χ2v) is 9.32. The first kappa shape index (κ1) is 19.4. The lowest BCUT2D eigenvalue weighted by Gasteiger charge is -2.20. The van der Waals surface area contributed by atoms with Crippen LogP contribution in [0.15, 0.2) is 36.4 Å². The summed E-state index contributed by atoms with van der Waals surface area (Å²) in [7, 11) is -1.83. The number of amides is 1. The van der Waals surface area contributed by atoms with Crippen LogP contribution in [0.5, 0.6) is 0 Å². The Morgan fingerprint density at radius 3 is 2.48 bits per heavy atom. The van der Waals surface area contributed by atoms with Crippen LogP contribution in [0.1, 0.15) is 52.0 Å². The maximum absolute atomic E-state index is 12.6. The van der Waals surface area contributed by atoms with Crippen molar-refractivity contribution in [3.63, 3.8) is 0 Å². The van der Waals surface area contributed by atoms with Crippen molar-refractivity contribution in [1.82, 2.24) is 5.32 Å². The highest BCUT2D eigenvalue weighted by molar-refractivity contribution is 7.92. The number of carbonyl (C=O) groups excluding carboxylic acids is 1. The van der Waals surface area contributed by atoms with Crippen LogP contribution in [0.3, 0.4) is 0 Å². The lowest BCUT2D eigenvalue weighted by Crippen LogP contribution is -2.28. The van der Waals surface area contributed by atoms with Gasteiger partial charge in [0.05, 0.1) is 18.0 Å². The molecule has 0 saturated heterocycles. The van der Waals surface area contributed by atoms with E-state index in [-0.39, 0.29) is 11.9 Å². The molecule has 6 heteroatoms. The van der Waals surface area contributed by atoms with Gasteiger partial charge in [0.15, 0.2) is 0 Å². The van der Waals surface area contributed by atoms with Gasteiger partial charge in [-0.3, -0.25) is 9.10 Å². The first-order valence-corrected chi connectivity index (χ1v) is 11.0. The summed E-state index contributed by atoms with van der Waals surface area (Å²) < 4.78 is 24.7. The van der Waals surface area contributed by atoms with Crippen LogP contribution >= 0.6 is 0 Å². The van der Waals surface area contributed by atoms with Gasteiger partial charge in [-0.25, -0.2) is 8.42 Å². The summed E-state index contributed by atoms with van der Waals surface area (Å²) >= 11 is 0. The Morgan fingerprint density at radius 2 is 1.81 bits per heavy atom. The summed E-state index contributed by atoms with van der Waals surface area (Å²) in [6.45, 7) is 3.78. The zero-order valence-corrected chi connectivity index (χ0v) is 17.1. The number of hydrogen-bond acceptors (Lipinski definition) is 3. The zero-order chi connectivity index (χ0) is 19.8. The van der Waals surface area contributed by atoms with E-state index < -0.39 is 10.0 Å². The summed E-state index contributed by atoms with van der Waals surface area (Å²) in [4.78, 5) is 12.6. The molecule has 0 spiro atoms. The highest BCUT2D eigenvalue weighted by Crippen LogP contribution is 2.26. The van der Waals surface area contributed by atoms with Gasteiger partial charge in [-0.05, 0) is 73.6 Å². The average Bonchev–Trinajstić information content (AvgIpc) is 3.07. The standard InChI is InChI=1S/C21H26N2O3S/c1-14-12-19(10-11-20(14)23(3)27(4,25)26)21(24)22-15(2)17-9-8-16-6-5-7-18(16)13-17/h8-13,15H,5-7H2,1-4H3,(H,22,24)/t15-/m0/s1. The molecule has 0 fully saturated rings. The van der Waals surface area contributed by atoms with E-state index in [9.17, 15) is 13.2 Å². The molecule has 0 bridgehead atoms. The number of nitrogens with zero attached hydrogens (tertiary/aromatic N) is 1. The summed E-state index contributed by atoms with van der Waals surface area (Å²) in [5.74, 6) is -0.167. The molecule has 0 aromatic heterocycles. The van der Waals surface area contributed by atoms with Crippen molar-refractivity contribution < 1.29 is 13.2 Å². The smallest absolute Gasteiger partial charge is 0.251 e. The minimum atomic E-state index is -3.34. The SMILES string of the molecule is Cc1cc(C(=O)N[C@@H](C)c2ccc3c(c2)CCC3)ccc1N(C)S(C)(=O)=O. The Hall–Kier alpha value is -2.34. The molecular formula is C21H26N2O3S. The molecular weight excluding hydrogens is 360 g/mol. The van der Waals surface area contributed by atoms with Gasteiger partial charge < -0.3 is 5.32 Å². The van der Waals surface area contributed by atoms with Crippen molar-refractivity contribution in [2.75, 3.05) is 17.6 Å². The Kier molecular flexibility index (Phi) is 5.29. The maximum atomic E-state index is 12.6. The maximum Gasteiger partial charge on any atom is 0.251 e. The van der Waals surface area contributed by atoms with E-state index in [1.807, 2.05) is 6.92 Å². The fraction of sp³-hybridized carbons (Fsp3) is 0.381. The number of carbonyl (C=O) groups is 1. The number of sulfonamides is 1. The number of fused-ring (bicyclic) bond motifs is 1. The number of anilines is 1. The van der Waals surface area contributed by atoms with E-state index in [2.05, 4.69) is 23.5 Å². The first-order valence-electron chi connectivity index (χ1n) is 9.14. The Bertz CT molecular complexity index is 983. The van der Waals surface area contributed by atoms with E-state index in [1.54, 1.807) is 25.1 Å². The fourth-order valence-corrected chi connectivity index (χ4v) is 4.12. The third-order valence-electron chi connectivity index (χ3n) is 5.27. The van der Waals surface area contributed by atoms with E-state index in [1.165, 1.54) is 28.9 Å². The number of nitrogens with one attached hydrogen (secondary N) is 1. The third kappa shape index (κ3) is 4.16. The molecule has 0 radical (unpaired) electrons. The van der Waals surface area contributed by atoms with Crippen LogP contribution in [0.4, 0.5) is 5.69 Å². The van der Waals surface area contributed by atoms with Gasteiger partial charge in [0.25, 0.3) is 5.91 Å². The number of rotatable bonds is 5. The third-order valence-corrected chi connectivity index (χ3v) is 6.46. The van der Waals surface area contributed by atoms with Crippen molar-refractivity contribution in [2.24, 2.45) is 0 Å². The Balaban J connectivity index is 1.75. The molecule has 1 N–H and O–H groups in total.